The Morgan fingerprint density at radius 2 is 1.64 bits per heavy atom. The van der Waals surface area contributed by atoms with E-state index >= 15 is 0 Å². The van der Waals surface area contributed by atoms with Gasteiger partial charge in [-0.1, -0.05) is 48.5 Å². The van der Waals surface area contributed by atoms with Gasteiger partial charge in [0.05, 0.1) is 12.1 Å². The number of para-hydroxylation sites is 1. The fourth-order valence-corrected chi connectivity index (χ4v) is 3.18. The zero-order chi connectivity index (χ0) is 17.8. The highest BCUT2D eigenvalue weighted by Gasteiger charge is 2.23. The first-order valence-corrected chi connectivity index (χ1v) is 8.58. The molecule has 25 heavy (non-hydrogen) atoms. The van der Waals surface area contributed by atoms with Crippen LogP contribution in [0.1, 0.15) is 29.9 Å². The molecular formula is C21H22N2O2. The molecule has 0 fully saturated rings. The van der Waals surface area contributed by atoms with Crippen LogP contribution in [-0.4, -0.2) is 34.0 Å². The molecule has 3 aromatic rings. The Bertz CT molecular complexity index is 887. The Kier molecular flexibility index (Phi) is 5.10. The van der Waals surface area contributed by atoms with E-state index in [2.05, 4.69) is 4.98 Å². The molecule has 0 atom stereocenters. The van der Waals surface area contributed by atoms with E-state index in [0.29, 0.717) is 24.3 Å². The minimum Gasteiger partial charge on any atom is -0.392 e. The summed E-state index contributed by atoms with van der Waals surface area (Å²) in [5.41, 5.74) is 3.53. The van der Waals surface area contributed by atoms with Crippen LogP contribution in [0.15, 0.2) is 54.6 Å². The van der Waals surface area contributed by atoms with Gasteiger partial charge in [0.2, 0.25) is 0 Å². The van der Waals surface area contributed by atoms with Crippen molar-refractivity contribution in [3.63, 3.8) is 0 Å². The van der Waals surface area contributed by atoms with Crippen LogP contribution < -0.4 is 0 Å². The van der Waals surface area contributed by atoms with Crippen molar-refractivity contribution < 1.29 is 9.90 Å². The third-order valence-corrected chi connectivity index (χ3v) is 4.47. The van der Waals surface area contributed by atoms with Crippen molar-refractivity contribution in [3.05, 3.63) is 65.9 Å². The van der Waals surface area contributed by atoms with E-state index in [1.807, 2.05) is 68.4 Å². The number of hydrogen-bond acceptors (Lipinski definition) is 3. The largest absolute Gasteiger partial charge is 0.392 e. The maximum Gasteiger partial charge on any atom is 0.272 e. The molecular weight excluding hydrogens is 312 g/mol. The lowest BCUT2D eigenvalue weighted by Crippen LogP contribution is -2.32. The summed E-state index contributed by atoms with van der Waals surface area (Å²) in [6.45, 7) is 4.87. The second-order valence-corrected chi connectivity index (χ2v) is 5.83. The maximum atomic E-state index is 13.0. The molecule has 128 valence electrons. The molecule has 0 saturated heterocycles. The molecule has 0 radical (unpaired) electrons. The topological polar surface area (TPSA) is 53.4 Å². The van der Waals surface area contributed by atoms with E-state index in [1.54, 1.807) is 4.90 Å². The van der Waals surface area contributed by atoms with Gasteiger partial charge in [-0.2, -0.15) is 0 Å². The van der Waals surface area contributed by atoms with Crippen LogP contribution in [0.5, 0.6) is 0 Å². The summed E-state index contributed by atoms with van der Waals surface area (Å²) in [7, 11) is 0. The van der Waals surface area contributed by atoms with Gasteiger partial charge in [0.1, 0.15) is 5.69 Å². The molecule has 1 amide bonds. The average molecular weight is 334 g/mol. The number of pyridine rings is 1. The van der Waals surface area contributed by atoms with Gasteiger partial charge < -0.3 is 10.0 Å². The standard InChI is InChI=1S/C21H22N2O2/c1-3-23(4-2)21(25)20-17(14-24)19(15-10-6-5-7-11-15)16-12-8-9-13-18(16)22-20/h5-13,24H,3-4,14H2,1-2H3. The summed E-state index contributed by atoms with van der Waals surface area (Å²) >= 11 is 0. The van der Waals surface area contributed by atoms with Crippen LogP contribution >= 0.6 is 0 Å². The van der Waals surface area contributed by atoms with E-state index in [-0.39, 0.29) is 12.5 Å². The number of nitrogens with zero attached hydrogens (tertiary/aromatic N) is 2. The van der Waals surface area contributed by atoms with Crippen molar-refractivity contribution in [1.82, 2.24) is 9.88 Å². The molecule has 0 saturated carbocycles. The second kappa shape index (κ2) is 7.45. The van der Waals surface area contributed by atoms with Crippen LogP contribution in [0.4, 0.5) is 0 Å². The van der Waals surface area contributed by atoms with Crippen molar-refractivity contribution in [2.24, 2.45) is 0 Å². The smallest absolute Gasteiger partial charge is 0.272 e. The molecule has 0 bridgehead atoms. The lowest BCUT2D eigenvalue weighted by molar-refractivity contribution is 0.0764. The third-order valence-electron chi connectivity index (χ3n) is 4.47. The molecule has 0 aliphatic carbocycles. The third kappa shape index (κ3) is 3.13. The minimum absolute atomic E-state index is 0.142. The Balaban J connectivity index is 2.34. The SMILES string of the molecule is CCN(CC)C(=O)c1nc2ccccc2c(-c2ccccc2)c1CO. The van der Waals surface area contributed by atoms with Crippen molar-refractivity contribution in [2.75, 3.05) is 13.1 Å². The number of hydrogen-bond donors (Lipinski definition) is 1. The summed E-state index contributed by atoms with van der Waals surface area (Å²) < 4.78 is 0. The quantitative estimate of drug-likeness (QED) is 0.770. The van der Waals surface area contributed by atoms with E-state index in [9.17, 15) is 9.90 Å². The lowest BCUT2D eigenvalue weighted by atomic mass is 9.94. The normalized spacial score (nSPS) is 10.8. The van der Waals surface area contributed by atoms with Crippen LogP contribution in [0.2, 0.25) is 0 Å². The zero-order valence-corrected chi connectivity index (χ0v) is 14.6. The van der Waals surface area contributed by atoms with Gasteiger partial charge in [-0.15, -0.1) is 0 Å². The number of aromatic nitrogens is 1. The van der Waals surface area contributed by atoms with Gasteiger partial charge in [0.25, 0.3) is 5.91 Å². The minimum atomic E-state index is -0.232. The number of fused-ring (bicyclic) bond motifs is 1. The van der Waals surface area contributed by atoms with E-state index in [0.717, 1.165) is 22.0 Å². The summed E-state index contributed by atoms with van der Waals surface area (Å²) in [5.74, 6) is -0.142. The number of aliphatic hydroxyl groups excluding tert-OH is 1. The highest BCUT2D eigenvalue weighted by atomic mass is 16.3. The van der Waals surface area contributed by atoms with E-state index in [1.165, 1.54) is 0 Å². The fourth-order valence-electron chi connectivity index (χ4n) is 3.18. The first kappa shape index (κ1) is 17.1. The molecule has 0 aliphatic heterocycles. The summed E-state index contributed by atoms with van der Waals surface area (Å²) in [4.78, 5) is 19.3. The number of rotatable bonds is 5. The average Bonchev–Trinajstić information content (AvgIpc) is 2.67. The number of carbonyl (C=O) groups excluding carboxylic acids is 1. The molecule has 1 heterocycles. The van der Waals surface area contributed by atoms with Crippen molar-refractivity contribution in [1.29, 1.82) is 0 Å². The van der Waals surface area contributed by atoms with Crippen LogP contribution in [0, 0.1) is 0 Å². The molecule has 0 unspecified atom stereocenters. The van der Waals surface area contributed by atoms with Gasteiger partial charge >= 0.3 is 0 Å². The highest BCUT2D eigenvalue weighted by Crippen LogP contribution is 2.33. The molecule has 3 rings (SSSR count). The van der Waals surface area contributed by atoms with E-state index < -0.39 is 0 Å². The Morgan fingerprint density at radius 3 is 2.28 bits per heavy atom. The fraction of sp³-hybridized carbons (Fsp3) is 0.238. The summed E-state index contributed by atoms with van der Waals surface area (Å²) in [5, 5.41) is 11.0. The molecule has 1 N–H and O–H groups in total. The van der Waals surface area contributed by atoms with Crippen LogP contribution in [0.25, 0.3) is 22.0 Å². The lowest BCUT2D eigenvalue weighted by Gasteiger charge is -2.21. The van der Waals surface area contributed by atoms with Crippen molar-refractivity contribution >= 4 is 16.8 Å². The maximum absolute atomic E-state index is 13.0. The number of carbonyl (C=O) groups is 1. The van der Waals surface area contributed by atoms with Crippen LogP contribution in [0.3, 0.4) is 0 Å². The highest BCUT2D eigenvalue weighted by molar-refractivity contribution is 6.03. The van der Waals surface area contributed by atoms with Gasteiger partial charge in [0.15, 0.2) is 0 Å². The Labute approximate surface area is 147 Å². The van der Waals surface area contributed by atoms with Crippen molar-refractivity contribution in [2.45, 2.75) is 20.5 Å². The predicted molar refractivity (Wildman–Crippen MR) is 100 cm³/mol. The first-order chi connectivity index (χ1) is 12.2. The number of benzene rings is 2. The van der Waals surface area contributed by atoms with Crippen molar-refractivity contribution in [3.8, 4) is 11.1 Å². The Morgan fingerprint density at radius 1 is 1.00 bits per heavy atom. The predicted octanol–water partition coefficient (Wildman–Crippen LogP) is 3.88. The molecule has 4 nitrogen and oxygen atoms in total. The molecule has 1 aromatic heterocycles. The van der Waals surface area contributed by atoms with Gasteiger partial charge in [-0.05, 0) is 31.0 Å². The summed E-state index contributed by atoms with van der Waals surface area (Å²) in [6.07, 6.45) is 0. The molecule has 2 aromatic carbocycles. The van der Waals surface area contributed by atoms with Gasteiger partial charge in [0, 0.05) is 24.0 Å². The molecule has 4 heteroatoms. The Hall–Kier alpha value is -2.72. The summed E-state index contributed by atoms with van der Waals surface area (Å²) in [6, 6.07) is 17.6. The zero-order valence-electron chi connectivity index (χ0n) is 14.6. The van der Waals surface area contributed by atoms with Gasteiger partial charge in [-0.3, -0.25) is 4.79 Å². The molecule has 0 aliphatic rings. The number of amides is 1. The monoisotopic (exact) mass is 334 g/mol. The van der Waals surface area contributed by atoms with E-state index in [4.69, 9.17) is 0 Å². The molecule has 0 spiro atoms. The van der Waals surface area contributed by atoms with Crippen LogP contribution in [-0.2, 0) is 6.61 Å². The van der Waals surface area contributed by atoms with Gasteiger partial charge in [-0.25, -0.2) is 4.98 Å². The first-order valence-electron chi connectivity index (χ1n) is 8.58. The number of aliphatic hydroxyl groups is 1. The second-order valence-electron chi connectivity index (χ2n) is 5.83.